The van der Waals surface area contributed by atoms with Crippen LogP contribution in [-0.4, -0.2) is 23.4 Å². The van der Waals surface area contributed by atoms with Gasteiger partial charge in [-0.05, 0) is 23.6 Å². The Kier molecular flexibility index (Phi) is 1.96. The van der Waals surface area contributed by atoms with Crippen molar-refractivity contribution in [3.63, 3.8) is 0 Å². The number of rotatable bonds is 0. The molecule has 2 saturated heterocycles. The molecule has 12 heavy (non-hydrogen) atoms. The van der Waals surface area contributed by atoms with Crippen molar-refractivity contribution < 1.29 is 18.0 Å². The maximum Gasteiger partial charge on any atom is 0.442 e. The Morgan fingerprint density at radius 2 is 1.83 bits per heavy atom. The first-order chi connectivity index (χ1) is 5.72. The third kappa shape index (κ3) is 1.29. The molecule has 1 spiro atoms. The lowest BCUT2D eigenvalue weighted by molar-refractivity contribution is -0.150. The minimum Gasteiger partial charge on any atom is -0.324 e. The van der Waals surface area contributed by atoms with E-state index < -0.39 is 21.6 Å². The lowest BCUT2D eigenvalue weighted by atomic mass is 10.4. The maximum absolute atomic E-state index is 10.8. The molecule has 0 atom stereocenters. The first kappa shape index (κ1) is 8.25. The Morgan fingerprint density at radius 3 is 2.33 bits per heavy atom. The van der Waals surface area contributed by atoms with Crippen LogP contribution in [0.15, 0.2) is 0 Å². The smallest absolute Gasteiger partial charge is 0.324 e. The lowest BCUT2D eigenvalue weighted by Gasteiger charge is -2.36. The van der Waals surface area contributed by atoms with Crippen molar-refractivity contribution in [3.8, 4) is 0 Å². The summed E-state index contributed by atoms with van der Waals surface area (Å²) in [6, 6.07) is 0. The van der Waals surface area contributed by atoms with Crippen molar-refractivity contribution >= 4 is 32.4 Å². The van der Waals surface area contributed by atoms with Crippen molar-refractivity contribution in [2.24, 2.45) is 0 Å². The number of carbonyl (C=O) groups is 2. The fourth-order valence-corrected chi connectivity index (χ4v) is 5.70. The third-order valence-corrected chi connectivity index (χ3v) is 6.52. The fourth-order valence-electron chi connectivity index (χ4n) is 1.07. The first-order valence-electron chi connectivity index (χ1n) is 3.64. The predicted octanol–water partition coefficient (Wildman–Crippen LogP) is 1.16. The summed E-state index contributed by atoms with van der Waals surface area (Å²) >= 11 is 0. The molecule has 0 aromatic rings. The Hall–Kier alpha value is -0.360. The van der Waals surface area contributed by atoms with Gasteiger partial charge in [0.2, 0.25) is 0 Å². The van der Waals surface area contributed by atoms with Gasteiger partial charge in [0, 0.05) is 5.75 Å². The molecule has 6 heteroatoms. The maximum atomic E-state index is 10.8. The van der Waals surface area contributed by atoms with E-state index in [1.807, 2.05) is 0 Å². The Morgan fingerprint density at radius 1 is 1.17 bits per heavy atom. The van der Waals surface area contributed by atoms with Crippen LogP contribution in [0, 0.1) is 0 Å². The zero-order chi connectivity index (χ0) is 8.60. The van der Waals surface area contributed by atoms with Crippen LogP contribution >= 0.6 is 20.4 Å². The quantitative estimate of drug-likeness (QED) is 0.441. The monoisotopic (exact) mass is 208 g/mol. The molecule has 0 saturated carbocycles. The first-order valence-corrected chi connectivity index (χ1v) is 6.80. The van der Waals surface area contributed by atoms with Crippen LogP contribution in [0.3, 0.4) is 0 Å². The van der Waals surface area contributed by atoms with Crippen LogP contribution in [0.5, 0.6) is 0 Å². The van der Waals surface area contributed by atoms with Crippen LogP contribution in [0.2, 0.25) is 0 Å². The molecule has 2 aliphatic heterocycles. The van der Waals surface area contributed by atoms with E-state index in [-0.39, 0.29) is 0 Å². The summed E-state index contributed by atoms with van der Waals surface area (Å²) in [7, 11) is -0.365. The minimum absolute atomic E-state index is 0.704. The summed E-state index contributed by atoms with van der Waals surface area (Å²) in [5.41, 5.74) is 0. The average Bonchev–Trinajstić information content (AvgIpc) is 2.29. The van der Waals surface area contributed by atoms with E-state index in [0.717, 1.165) is 18.6 Å². The molecule has 0 aliphatic carbocycles. The molecule has 0 bridgehead atoms. The van der Waals surface area contributed by atoms with Gasteiger partial charge in [-0.3, -0.25) is 0 Å². The summed E-state index contributed by atoms with van der Waals surface area (Å²) in [5.74, 6) is -0.0239. The second kappa shape index (κ2) is 2.85. The molecule has 4 nitrogen and oxygen atoms in total. The molecule has 68 valence electrons. The van der Waals surface area contributed by atoms with E-state index in [4.69, 9.17) is 8.37 Å². The van der Waals surface area contributed by atoms with Crippen LogP contribution in [-0.2, 0) is 18.0 Å². The highest BCUT2D eigenvalue weighted by Gasteiger charge is 2.43. The zero-order valence-corrected chi connectivity index (χ0v) is 7.91. The van der Waals surface area contributed by atoms with Gasteiger partial charge in [-0.2, -0.15) is 0 Å². The predicted molar refractivity (Wildman–Crippen MR) is 46.3 cm³/mol. The molecule has 0 aromatic heterocycles. The van der Waals surface area contributed by atoms with E-state index in [9.17, 15) is 9.59 Å². The van der Waals surface area contributed by atoms with Crippen LogP contribution in [0.1, 0.15) is 12.8 Å². The van der Waals surface area contributed by atoms with Gasteiger partial charge in [0.25, 0.3) is 0 Å². The second-order valence-electron chi connectivity index (χ2n) is 2.53. The average molecular weight is 208 g/mol. The largest absolute Gasteiger partial charge is 0.442 e. The highest BCUT2D eigenvalue weighted by Crippen LogP contribution is 2.67. The molecule has 0 radical (unpaired) electrons. The van der Waals surface area contributed by atoms with E-state index in [1.165, 1.54) is 10.8 Å². The molecule has 0 amide bonds. The van der Waals surface area contributed by atoms with Crippen LogP contribution in [0.25, 0.3) is 0 Å². The number of hydrogen-bond donors (Lipinski definition) is 0. The molecule has 2 rings (SSSR count). The standard InChI is InChI=1S/C6H8O4S2/c7-5-6(8)10-12(9-5)4-2-1-3-11-12/h1-4H2. The summed E-state index contributed by atoms with van der Waals surface area (Å²) in [4.78, 5) is 21.5. The number of carbonyl (C=O) groups excluding carboxylic acids is 2. The van der Waals surface area contributed by atoms with Crippen molar-refractivity contribution in [1.82, 2.24) is 0 Å². The van der Waals surface area contributed by atoms with E-state index in [1.54, 1.807) is 0 Å². The van der Waals surface area contributed by atoms with Gasteiger partial charge in [-0.15, -0.1) is 0 Å². The molecular weight excluding hydrogens is 200 g/mol. The molecular formula is C6H8O4S2. The van der Waals surface area contributed by atoms with Crippen molar-refractivity contribution in [2.75, 3.05) is 11.5 Å². The summed E-state index contributed by atoms with van der Waals surface area (Å²) in [5, 5.41) is 0. The van der Waals surface area contributed by atoms with E-state index >= 15 is 0 Å². The van der Waals surface area contributed by atoms with Crippen LogP contribution in [0.4, 0.5) is 0 Å². The molecule has 2 aliphatic rings. The van der Waals surface area contributed by atoms with Gasteiger partial charge in [0.1, 0.15) is 0 Å². The highest BCUT2D eigenvalue weighted by molar-refractivity contribution is 8.90. The topological polar surface area (TPSA) is 52.6 Å². The lowest BCUT2D eigenvalue weighted by Crippen LogP contribution is -2.08. The van der Waals surface area contributed by atoms with Crippen molar-refractivity contribution in [3.05, 3.63) is 0 Å². The Bertz CT molecular complexity index is 216. The van der Waals surface area contributed by atoms with Gasteiger partial charge in [-0.25, -0.2) is 9.59 Å². The van der Waals surface area contributed by atoms with Crippen molar-refractivity contribution in [2.45, 2.75) is 12.8 Å². The molecule has 2 fully saturated rings. The second-order valence-corrected chi connectivity index (χ2v) is 7.26. The van der Waals surface area contributed by atoms with Gasteiger partial charge >= 0.3 is 11.9 Å². The molecule has 0 unspecified atom stereocenters. The summed E-state index contributed by atoms with van der Waals surface area (Å²) in [6.07, 6.45) is 2.08. The van der Waals surface area contributed by atoms with E-state index in [2.05, 4.69) is 0 Å². The van der Waals surface area contributed by atoms with Gasteiger partial charge in [0.05, 0.1) is 5.75 Å². The van der Waals surface area contributed by atoms with Gasteiger partial charge in [0.15, 0.2) is 0 Å². The Balaban J connectivity index is 2.12. The SMILES string of the molecule is O=C1OS2(CCCCS2)OC1=O. The Labute approximate surface area is 75.1 Å². The van der Waals surface area contributed by atoms with Gasteiger partial charge < -0.3 is 8.37 Å². The van der Waals surface area contributed by atoms with Crippen molar-refractivity contribution in [1.29, 1.82) is 0 Å². The summed E-state index contributed by atoms with van der Waals surface area (Å²) < 4.78 is 9.88. The normalized spacial score (nSPS) is 29.7. The molecule has 0 aromatic carbocycles. The zero-order valence-electron chi connectivity index (χ0n) is 6.28. The molecule has 0 N–H and O–H groups in total. The molecule has 2 heterocycles. The summed E-state index contributed by atoms with van der Waals surface area (Å²) in [6.45, 7) is 0. The minimum atomic E-state index is -1.84. The van der Waals surface area contributed by atoms with Gasteiger partial charge in [-0.1, -0.05) is 9.62 Å². The number of hydrogen-bond acceptors (Lipinski definition) is 5. The highest BCUT2D eigenvalue weighted by atomic mass is 33.2. The van der Waals surface area contributed by atoms with E-state index in [0.29, 0.717) is 5.75 Å². The third-order valence-electron chi connectivity index (χ3n) is 1.62. The fraction of sp³-hybridized carbons (Fsp3) is 0.667. The van der Waals surface area contributed by atoms with Crippen LogP contribution < -0.4 is 0 Å².